The summed E-state index contributed by atoms with van der Waals surface area (Å²) in [5.74, 6) is -0.190. The number of amides is 2. The van der Waals surface area contributed by atoms with Gasteiger partial charge in [-0.3, -0.25) is 9.59 Å². The van der Waals surface area contributed by atoms with Crippen LogP contribution in [0.4, 0.5) is 11.4 Å². The molecule has 5 rings (SSSR count). The van der Waals surface area contributed by atoms with Gasteiger partial charge in [-0.05, 0) is 66.4 Å². The van der Waals surface area contributed by atoms with Gasteiger partial charge in [0.25, 0.3) is 11.8 Å². The highest BCUT2D eigenvalue weighted by atomic mass is 16.2. The van der Waals surface area contributed by atoms with Crippen molar-refractivity contribution in [3.05, 3.63) is 118 Å². The Morgan fingerprint density at radius 3 is 2.29 bits per heavy atom. The fraction of sp³-hybridized carbons (Fsp3) is 0.133. The standard InChI is InChI=1S/C30H27N3O2/c1-19-14-20(2)16-23(15-19)24-6-5-7-25-26(24)18-33(30(25)35)17-21-10-12-22(13-11-21)29(34)32-28-9-4-3-8-27(28)31/h3-16H,17-18,31H2,1-2H3,(H,32,34). The summed E-state index contributed by atoms with van der Waals surface area (Å²) >= 11 is 0. The lowest BCUT2D eigenvalue weighted by molar-refractivity contribution is 0.0766. The highest BCUT2D eigenvalue weighted by Gasteiger charge is 2.29. The van der Waals surface area contributed by atoms with Crippen LogP contribution >= 0.6 is 0 Å². The molecule has 0 aromatic heterocycles. The fourth-order valence-corrected chi connectivity index (χ4v) is 4.71. The van der Waals surface area contributed by atoms with Crippen LogP contribution in [0.15, 0.2) is 84.9 Å². The zero-order chi connectivity index (χ0) is 24.5. The molecule has 0 radical (unpaired) electrons. The number of nitrogens with zero attached hydrogens (tertiary/aromatic N) is 1. The van der Waals surface area contributed by atoms with E-state index in [2.05, 4.69) is 43.4 Å². The van der Waals surface area contributed by atoms with Gasteiger partial charge in [0.15, 0.2) is 0 Å². The molecule has 0 saturated carbocycles. The molecule has 0 unspecified atom stereocenters. The molecule has 4 aromatic rings. The lowest BCUT2D eigenvalue weighted by atomic mass is 9.94. The molecule has 0 spiro atoms. The summed E-state index contributed by atoms with van der Waals surface area (Å²) in [6.07, 6.45) is 0. The smallest absolute Gasteiger partial charge is 0.255 e. The molecule has 4 aromatic carbocycles. The van der Waals surface area contributed by atoms with Gasteiger partial charge in [0.2, 0.25) is 0 Å². The Morgan fingerprint density at radius 1 is 0.886 bits per heavy atom. The molecular formula is C30H27N3O2. The van der Waals surface area contributed by atoms with Crippen LogP contribution in [-0.4, -0.2) is 16.7 Å². The molecule has 5 nitrogen and oxygen atoms in total. The van der Waals surface area contributed by atoms with Crippen molar-refractivity contribution in [2.24, 2.45) is 0 Å². The minimum absolute atomic E-state index is 0.0348. The van der Waals surface area contributed by atoms with E-state index in [0.717, 1.165) is 27.8 Å². The second kappa shape index (κ2) is 9.11. The first-order valence-corrected chi connectivity index (χ1v) is 11.6. The van der Waals surface area contributed by atoms with E-state index in [0.29, 0.717) is 30.0 Å². The number of nitrogens with one attached hydrogen (secondary N) is 1. The Kier molecular flexibility index (Phi) is 5.83. The number of anilines is 2. The van der Waals surface area contributed by atoms with Gasteiger partial charge in [0, 0.05) is 24.2 Å². The number of hydrogen-bond donors (Lipinski definition) is 2. The molecule has 174 valence electrons. The molecular weight excluding hydrogens is 434 g/mol. The van der Waals surface area contributed by atoms with E-state index < -0.39 is 0 Å². The fourth-order valence-electron chi connectivity index (χ4n) is 4.71. The summed E-state index contributed by atoms with van der Waals surface area (Å²) in [4.78, 5) is 27.6. The Morgan fingerprint density at radius 2 is 1.57 bits per heavy atom. The van der Waals surface area contributed by atoms with Gasteiger partial charge in [-0.1, -0.05) is 65.7 Å². The topological polar surface area (TPSA) is 75.4 Å². The van der Waals surface area contributed by atoms with Crippen molar-refractivity contribution < 1.29 is 9.59 Å². The normalized spacial score (nSPS) is 12.5. The van der Waals surface area contributed by atoms with Crippen molar-refractivity contribution in [3.63, 3.8) is 0 Å². The highest BCUT2D eigenvalue weighted by molar-refractivity contribution is 6.05. The number of para-hydroxylation sites is 2. The van der Waals surface area contributed by atoms with E-state index in [1.165, 1.54) is 11.1 Å². The molecule has 3 N–H and O–H groups in total. The predicted molar refractivity (Wildman–Crippen MR) is 140 cm³/mol. The van der Waals surface area contributed by atoms with Crippen molar-refractivity contribution in [2.75, 3.05) is 11.1 Å². The van der Waals surface area contributed by atoms with Crippen LogP contribution in [0.5, 0.6) is 0 Å². The molecule has 5 heteroatoms. The largest absolute Gasteiger partial charge is 0.397 e. The Bertz CT molecular complexity index is 1420. The molecule has 2 amide bonds. The molecule has 0 saturated heterocycles. The second-order valence-corrected chi connectivity index (χ2v) is 9.11. The average molecular weight is 462 g/mol. The van der Waals surface area contributed by atoms with Gasteiger partial charge < -0.3 is 16.0 Å². The van der Waals surface area contributed by atoms with Crippen molar-refractivity contribution in [3.8, 4) is 11.1 Å². The first-order valence-electron chi connectivity index (χ1n) is 11.6. The lowest BCUT2D eigenvalue weighted by Gasteiger charge is -2.16. The first-order chi connectivity index (χ1) is 16.9. The number of nitrogens with two attached hydrogens (primary N) is 1. The minimum atomic E-state index is -0.225. The van der Waals surface area contributed by atoms with Crippen molar-refractivity contribution in [1.29, 1.82) is 0 Å². The molecule has 0 atom stereocenters. The lowest BCUT2D eigenvalue weighted by Crippen LogP contribution is -2.23. The quantitative estimate of drug-likeness (QED) is 0.360. The van der Waals surface area contributed by atoms with E-state index >= 15 is 0 Å². The number of benzene rings is 4. The third-order valence-corrected chi connectivity index (χ3v) is 6.37. The molecule has 35 heavy (non-hydrogen) atoms. The van der Waals surface area contributed by atoms with Crippen LogP contribution < -0.4 is 11.1 Å². The Hall–Kier alpha value is -4.38. The number of carbonyl (C=O) groups excluding carboxylic acids is 2. The van der Waals surface area contributed by atoms with Crippen molar-refractivity contribution >= 4 is 23.2 Å². The molecule has 0 bridgehead atoms. The number of hydrogen-bond acceptors (Lipinski definition) is 3. The summed E-state index contributed by atoms with van der Waals surface area (Å²) in [7, 11) is 0. The maximum Gasteiger partial charge on any atom is 0.255 e. The first kappa shape index (κ1) is 22.4. The minimum Gasteiger partial charge on any atom is -0.397 e. The molecule has 1 aliphatic heterocycles. The van der Waals surface area contributed by atoms with Crippen molar-refractivity contribution in [2.45, 2.75) is 26.9 Å². The summed E-state index contributed by atoms with van der Waals surface area (Å²) < 4.78 is 0. The SMILES string of the molecule is Cc1cc(C)cc(-c2cccc3c2CN(Cc2ccc(C(=O)Nc4ccccc4N)cc2)C3=O)c1. The van der Waals surface area contributed by atoms with Gasteiger partial charge in [-0.15, -0.1) is 0 Å². The van der Waals surface area contributed by atoms with E-state index in [1.54, 1.807) is 24.3 Å². The molecule has 1 aliphatic rings. The number of aryl methyl sites for hydroxylation is 2. The number of fused-ring (bicyclic) bond motifs is 1. The van der Waals surface area contributed by atoms with E-state index in [9.17, 15) is 9.59 Å². The Labute approximate surface area is 205 Å². The van der Waals surface area contributed by atoms with Crippen LogP contribution in [0, 0.1) is 13.8 Å². The number of carbonyl (C=O) groups is 2. The number of rotatable bonds is 5. The number of nitrogen functional groups attached to an aromatic ring is 1. The molecule has 0 fully saturated rings. The van der Waals surface area contributed by atoms with Crippen LogP contribution in [-0.2, 0) is 13.1 Å². The van der Waals surface area contributed by atoms with Crippen LogP contribution in [0.1, 0.15) is 43.0 Å². The van der Waals surface area contributed by atoms with Gasteiger partial charge in [0.05, 0.1) is 11.4 Å². The van der Waals surface area contributed by atoms with E-state index in [4.69, 9.17) is 5.73 Å². The van der Waals surface area contributed by atoms with Crippen LogP contribution in [0.25, 0.3) is 11.1 Å². The maximum absolute atomic E-state index is 13.2. The summed E-state index contributed by atoms with van der Waals surface area (Å²) in [5.41, 5.74) is 15.0. The zero-order valence-electron chi connectivity index (χ0n) is 19.8. The summed E-state index contributed by atoms with van der Waals surface area (Å²) in [5, 5.41) is 2.84. The van der Waals surface area contributed by atoms with Gasteiger partial charge >= 0.3 is 0 Å². The van der Waals surface area contributed by atoms with Gasteiger partial charge in [-0.2, -0.15) is 0 Å². The summed E-state index contributed by atoms with van der Waals surface area (Å²) in [6, 6.07) is 27.0. The predicted octanol–water partition coefficient (Wildman–Crippen LogP) is 5.96. The highest BCUT2D eigenvalue weighted by Crippen LogP contribution is 2.34. The monoisotopic (exact) mass is 461 g/mol. The zero-order valence-corrected chi connectivity index (χ0v) is 19.8. The van der Waals surface area contributed by atoms with Gasteiger partial charge in [-0.25, -0.2) is 0 Å². The average Bonchev–Trinajstić information content (AvgIpc) is 3.15. The molecule has 1 heterocycles. The third-order valence-electron chi connectivity index (χ3n) is 6.37. The van der Waals surface area contributed by atoms with Crippen molar-refractivity contribution in [1.82, 2.24) is 4.90 Å². The van der Waals surface area contributed by atoms with Gasteiger partial charge in [0.1, 0.15) is 0 Å². The maximum atomic E-state index is 13.2. The Balaban J connectivity index is 1.32. The molecule has 0 aliphatic carbocycles. The van der Waals surface area contributed by atoms with E-state index in [-0.39, 0.29) is 11.8 Å². The van der Waals surface area contributed by atoms with Crippen LogP contribution in [0.3, 0.4) is 0 Å². The second-order valence-electron chi connectivity index (χ2n) is 9.11. The third kappa shape index (κ3) is 4.53. The summed E-state index contributed by atoms with van der Waals surface area (Å²) in [6.45, 7) is 5.23. The van der Waals surface area contributed by atoms with E-state index in [1.807, 2.05) is 41.3 Å². The van der Waals surface area contributed by atoms with Crippen LogP contribution in [0.2, 0.25) is 0 Å².